The molecule has 0 bridgehead atoms. The Bertz CT molecular complexity index is 465. The van der Waals surface area contributed by atoms with Crippen molar-refractivity contribution in [2.45, 2.75) is 71.1 Å². The van der Waals surface area contributed by atoms with E-state index in [-0.39, 0.29) is 36.2 Å². The second kappa shape index (κ2) is 12.5. The van der Waals surface area contributed by atoms with E-state index < -0.39 is 0 Å². The predicted molar refractivity (Wildman–Crippen MR) is 126 cm³/mol. The van der Waals surface area contributed by atoms with Crippen molar-refractivity contribution in [2.24, 2.45) is 10.9 Å². The van der Waals surface area contributed by atoms with Gasteiger partial charge in [0.2, 0.25) is 0 Å². The Hall–Kier alpha value is -0.120. The maximum absolute atomic E-state index is 6.02. The zero-order valence-corrected chi connectivity index (χ0v) is 20.4. The molecule has 3 heterocycles. The van der Waals surface area contributed by atoms with E-state index in [1.807, 2.05) is 0 Å². The zero-order valence-electron chi connectivity index (χ0n) is 18.1. The number of nitrogens with one attached hydrogen (secondary N) is 1. The summed E-state index contributed by atoms with van der Waals surface area (Å²) in [6.45, 7) is 14.5. The fourth-order valence-corrected chi connectivity index (χ4v) is 4.60. The highest BCUT2D eigenvalue weighted by molar-refractivity contribution is 14.0. The minimum Gasteiger partial charge on any atom is -0.375 e. The van der Waals surface area contributed by atoms with Gasteiger partial charge in [0.05, 0.1) is 19.3 Å². The van der Waals surface area contributed by atoms with E-state index in [2.05, 4.69) is 35.9 Å². The van der Waals surface area contributed by atoms with Gasteiger partial charge in [0, 0.05) is 32.3 Å². The van der Waals surface area contributed by atoms with Crippen LogP contribution in [0.25, 0.3) is 0 Å². The number of aliphatic imine (C=N–C) groups is 1. The van der Waals surface area contributed by atoms with E-state index in [0.29, 0.717) is 12.0 Å². The van der Waals surface area contributed by atoms with E-state index in [0.717, 1.165) is 58.2 Å². The Morgan fingerprint density at radius 2 is 1.82 bits per heavy atom. The molecule has 0 spiro atoms. The van der Waals surface area contributed by atoms with Crippen molar-refractivity contribution in [1.82, 2.24) is 15.1 Å². The minimum atomic E-state index is 0. The number of ether oxygens (including phenoxy) is 2. The van der Waals surface area contributed by atoms with Gasteiger partial charge in [0.1, 0.15) is 6.10 Å². The Morgan fingerprint density at radius 1 is 1.07 bits per heavy atom. The third-order valence-electron chi connectivity index (χ3n) is 5.96. The second-order valence-corrected chi connectivity index (χ2v) is 8.63. The molecule has 0 aromatic carbocycles. The summed E-state index contributed by atoms with van der Waals surface area (Å²) in [5, 5.41) is 3.52. The van der Waals surface area contributed by atoms with Crippen molar-refractivity contribution in [1.29, 1.82) is 0 Å². The maximum atomic E-state index is 6.02. The van der Waals surface area contributed by atoms with E-state index in [1.54, 1.807) is 0 Å². The molecule has 3 atom stereocenters. The molecule has 0 aromatic heterocycles. The van der Waals surface area contributed by atoms with E-state index >= 15 is 0 Å². The Balaban J connectivity index is 0.00000280. The van der Waals surface area contributed by atoms with Crippen LogP contribution < -0.4 is 5.32 Å². The third-order valence-corrected chi connectivity index (χ3v) is 5.96. The largest absolute Gasteiger partial charge is 0.375 e. The number of halogens is 1. The Morgan fingerprint density at radius 3 is 2.46 bits per heavy atom. The fraction of sp³-hybridized carbons (Fsp3) is 0.952. The van der Waals surface area contributed by atoms with Gasteiger partial charge in [-0.2, -0.15) is 0 Å². The lowest BCUT2D eigenvalue weighted by molar-refractivity contribution is -0.0817. The molecule has 0 aliphatic carbocycles. The minimum absolute atomic E-state index is 0. The van der Waals surface area contributed by atoms with Gasteiger partial charge in [0.25, 0.3) is 0 Å². The van der Waals surface area contributed by atoms with Gasteiger partial charge in [-0.05, 0) is 58.0 Å². The molecule has 0 aromatic rings. The summed E-state index contributed by atoms with van der Waals surface area (Å²) < 4.78 is 11.9. The van der Waals surface area contributed by atoms with Crippen molar-refractivity contribution < 1.29 is 9.47 Å². The molecule has 3 fully saturated rings. The molecule has 1 N–H and O–H groups in total. The first kappa shape index (κ1) is 24.2. The van der Waals surface area contributed by atoms with Gasteiger partial charge in [0.15, 0.2) is 5.96 Å². The van der Waals surface area contributed by atoms with E-state index in [4.69, 9.17) is 14.5 Å². The van der Waals surface area contributed by atoms with Crippen LogP contribution in [0.5, 0.6) is 0 Å². The number of rotatable bonds is 7. The van der Waals surface area contributed by atoms with Crippen molar-refractivity contribution in [2.75, 3.05) is 52.5 Å². The summed E-state index contributed by atoms with van der Waals surface area (Å²) in [7, 11) is 0. The quantitative estimate of drug-likeness (QED) is 0.326. The summed E-state index contributed by atoms with van der Waals surface area (Å²) in [6, 6.07) is 0.566. The molecule has 3 saturated heterocycles. The van der Waals surface area contributed by atoms with Gasteiger partial charge in [-0.3, -0.25) is 9.89 Å². The fourth-order valence-electron chi connectivity index (χ4n) is 4.60. The van der Waals surface area contributed by atoms with E-state index in [1.165, 1.54) is 32.4 Å². The van der Waals surface area contributed by atoms with Gasteiger partial charge >= 0.3 is 0 Å². The van der Waals surface area contributed by atoms with Crippen LogP contribution in [0.4, 0.5) is 0 Å². The van der Waals surface area contributed by atoms with Gasteiger partial charge in [-0.1, -0.05) is 13.8 Å². The monoisotopic (exact) mass is 508 g/mol. The number of likely N-dealkylation sites (tertiary alicyclic amines) is 1. The van der Waals surface area contributed by atoms with Crippen molar-refractivity contribution in [3.05, 3.63) is 0 Å². The summed E-state index contributed by atoms with van der Waals surface area (Å²) >= 11 is 0. The zero-order chi connectivity index (χ0) is 19.1. The van der Waals surface area contributed by atoms with Crippen LogP contribution in [0.3, 0.4) is 0 Å². The first-order valence-electron chi connectivity index (χ1n) is 11.2. The number of hydrogen-bond donors (Lipinski definition) is 1. The van der Waals surface area contributed by atoms with Crippen LogP contribution >= 0.6 is 24.0 Å². The van der Waals surface area contributed by atoms with Crippen LogP contribution in [-0.4, -0.2) is 86.5 Å². The maximum Gasteiger partial charge on any atom is 0.194 e. The summed E-state index contributed by atoms with van der Waals surface area (Å²) in [6.07, 6.45) is 6.62. The van der Waals surface area contributed by atoms with Crippen LogP contribution in [0, 0.1) is 5.92 Å². The average molecular weight is 508 g/mol. The molecule has 3 rings (SSSR count). The average Bonchev–Trinajstić information content (AvgIpc) is 3.38. The van der Waals surface area contributed by atoms with Crippen LogP contribution in [0.15, 0.2) is 4.99 Å². The normalized spacial score (nSPS) is 27.9. The lowest BCUT2D eigenvalue weighted by Crippen LogP contribution is -2.53. The molecular weight excluding hydrogens is 467 g/mol. The van der Waals surface area contributed by atoms with Crippen LogP contribution in [0.1, 0.15) is 52.9 Å². The SMILES string of the molecule is CCNC(=NCC(CC(C)C)N1CCCC1)N1CCOC(C2CCCO2)C1.I. The van der Waals surface area contributed by atoms with Crippen molar-refractivity contribution in [3.8, 4) is 0 Å². The molecule has 6 nitrogen and oxygen atoms in total. The second-order valence-electron chi connectivity index (χ2n) is 8.63. The Labute approximate surface area is 188 Å². The van der Waals surface area contributed by atoms with Crippen molar-refractivity contribution >= 4 is 29.9 Å². The molecule has 164 valence electrons. The number of guanidine groups is 1. The first-order chi connectivity index (χ1) is 13.2. The number of nitrogens with zero attached hydrogens (tertiary/aromatic N) is 3. The molecular formula is C21H41IN4O2. The van der Waals surface area contributed by atoms with Gasteiger partial charge in [-0.25, -0.2) is 0 Å². The molecule has 3 aliphatic rings. The molecule has 28 heavy (non-hydrogen) atoms. The highest BCUT2D eigenvalue weighted by Gasteiger charge is 2.32. The number of hydrogen-bond acceptors (Lipinski definition) is 4. The molecule has 3 unspecified atom stereocenters. The third kappa shape index (κ3) is 6.99. The molecule has 0 amide bonds. The Kier molecular flexibility index (Phi) is 10.8. The summed E-state index contributed by atoms with van der Waals surface area (Å²) in [5.74, 6) is 1.76. The molecule has 3 aliphatic heterocycles. The molecule has 0 radical (unpaired) electrons. The van der Waals surface area contributed by atoms with Crippen LogP contribution in [-0.2, 0) is 9.47 Å². The highest BCUT2D eigenvalue weighted by Crippen LogP contribution is 2.22. The lowest BCUT2D eigenvalue weighted by atomic mass is 10.0. The summed E-state index contributed by atoms with van der Waals surface area (Å²) in [4.78, 5) is 10.1. The predicted octanol–water partition coefficient (Wildman–Crippen LogP) is 2.96. The topological polar surface area (TPSA) is 49.3 Å². The van der Waals surface area contributed by atoms with Gasteiger partial charge < -0.3 is 19.7 Å². The van der Waals surface area contributed by atoms with Crippen LogP contribution in [0.2, 0.25) is 0 Å². The number of morpholine rings is 1. The van der Waals surface area contributed by atoms with Gasteiger partial charge in [-0.15, -0.1) is 24.0 Å². The van der Waals surface area contributed by atoms with Crippen molar-refractivity contribution in [3.63, 3.8) is 0 Å². The molecule has 7 heteroatoms. The smallest absolute Gasteiger partial charge is 0.194 e. The summed E-state index contributed by atoms with van der Waals surface area (Å²) in [5.41, 5.74) is 0. The lowest BCUT2D eigenvalue weighted by Gasteiger charge is -2.37. The molecule has 0 saturated carbocycles. The standard InChI is InChI=1S/C21H40N4O2.HI/c1-4-22-21(23-15-18(14-17(2)3)24-9-5-6-10-24)25-11-13-27-20(16-25)19-8-7-12-26-19;/h17-20H,4-16H2,1-3H3,(H,22,23);1H. The highest BCUT2D eigenvalue weighted by atomic mass is 127. The van der Waals surface area contributed by atoms with E-state index in [9.17, 15) is 0 Å². The first-order valence-corrected chi connectivity index (χ1v) is 11.2.